The van der Waals surface area contributed by atoms with Crippen LogP contribution in [0, 0.1) is 19.7 Å². The molecule has 0 unspecified atom stereocenters. The van der Waals surface area contributed by atoms with E-state index in [2.05, 4.69) is 16.5 Å². The third-order valence-electron chi connectivity index (χ3n) is 4.23. The van der Waals surface area contributed by atoms with E-state index in [1.165, 1.54) is 6.07 Å². The van der Waals surface area contributed by atoms with E-state index < -0.39 is 0 Å². The van der Waals surface area contributed by atoms with Crippen LogP contribution in [-0.2, 0) is 24.3 Å². The summed E-state index contributed by atoms with van der Waals surface area (Å²) in [5, 5.41) is 7.33. The second-order valence-electron chi connectivity index (χ2n) is 6.45. The lowest BCUT2D eigenvalue weighted by Gasteiger charge is -2.09. The van der Waals surface area contributed by atoms with Gasteiger partial charge in [0.1, 0.15) is 5.82 Å². The summed E-state index contributed by atoms with van der Waals surface area (Å²) in [4.78, 5) is 12.1. The zero-order valence-corrected chi connectivity index (χ0v) is 15.0. The minimum Gasteiger partial charge on any atom is -0.352 e. The third kappa shape index (κ3) is 4.57. The molecule has 0 saturated carbocycles. The minimum absolute atomic E-state index is 0.0398. The maximum Gasteiger partial charge on any atom is 0.224 e. The van der Waals surface area contributed by atoms with Gasteiger partial charge in [-0.2, -0.15) is 5.10 Å². The van der Waals surface area contributed by atoms with Gasteiger partial charge in [-0.25, -0.2) is 4.39 Å². The van der Waals surface area contributed by atoms with Crippen LogP contribution in [0.3, 0.4) is 0 Å². The third-order valence-corrected chi connectivity index (χ3v) is 4.23. The second-order valence-corrected chi connectivity index (χ2v) is 6.45. The van der Waals surface area contributed by atoms with Crippen LogP contribution >= 0.6 is 0 Å². The van der Waals surface area contributed by atoms with E-state index in [4.69, 9.17) is 0 Å². The molecule has 0 spiro atoms. The molecule has 0 saturated heterocycles. The van der Waals surface area contributed by atoms with E-state index in [-0.39, 0.29) is 18.1 Å². The molecular formula is C21H22FN3O. The number of carbonyl (C=O) groups excluding carboxylic acids is 1. The highest BCUT2D eigenvalue weighted by atomic mass is 19.1. The molecule has 0 atom stereocenters. The van der Waals surface area contributed by atoms with Gasteiger partial charge in [0.05, 0.1) is 18.7 Å². The first-order chi connectivity index (χ1) is 12.5. The van der Waals surface area contributed by atoms with Gasteiger partial charge >= 0.3 is 0 Å². The highest BCUT2D eigenvalue weighted by Crippen LogP contribution is 2.11. The summed E-state index contributed by atoms with van der Waals surface area (Å²) in [6.45, 7) is 5.12. The highest BCUT2D eigenvalue weighted by Gasteiger charge is 2.08. The van der Waals surface area contributed by atoms with E-state index in [0.717, 1.165) is 22.5 Å². The SMILES string of the molecule is Cc1cc(C)n(Cc2cccc(CNC(=O)Cc3ccccc3F)c2)n1. The number of hydrogen-bond acceptors (Lipinski definition) is 2. The monoisotopic (exact) mass is 351 g/mol. The predicted octanol–water partition coefficient (Wildman–Crippen LogP) is 3.55. The van der Waals surface area contributed by atoms with Crippen LogP contribution in [0.5, 0.6) is 0 Å². The summed E-state index contributed by atoms with van der Waals surface area (Å²) >= 11 is 0. The van der Waals surface area contributed by atoms with Gasteiger partial charge < -0.3 is 5.32 Å². The number of carbonyl (C=O) groups is 1. The molecule has 1 N–H and O–H groups in total. The lowest BCUT2D eigenvalue weighted by Crippen LogP contribution is -2.25. The highest BCUT2D eigenvalue weighted by molar-refractivity contribution is 5.78. The molecule has 4 nitrogen and oxygen atoms in total. The van der Waals surface area contributed by atoms with Crippen LogP contribution in [0.15, 0.2) is 54.6 Å². The van der Waals surface area contributed by atoms with Crippen LogP contribution in [0.25, 0.3) is 0 Å². The fourth-order valence-corrected chi connectivity index (χ4v) is 2.92. The number of benzene rings is 2. The largest absolute Gasteiger partial charge is 0.352 e. The zero-order valence-electron chi connectivity index (χ0n) is 15.0. The number of amides is 1. The number of hydrogen-bond donors (Lipinski definition) is 1. The van der Waals surface area contributed by atoms with E-state index in [1.54, 1.807) is 18.2 Å². The molecule has 2 aromatic carbocycles. The first-order valence-corrected chi connectivity index (χ1v) is 8.60. The molecule has 0 bridgehead atoms. The molecule has 0 aliphatic rings. The average Bonchev–Trinajstić information content (AvgIpc) is 2.93. The van der Waals surface area contributed by atoms with Gasteiger partial charge in [-0.3, -0.25) is 9.48 Å². The molecule has 1 amide bonds. The van der Waals surface area contributed by atoms with Crippen molar-refractivity contribution < 1.29 is 9.18 Å². The number of aromatic nitrogens is 2. The van der Waals surface area contributed by atoms with Crippen molar-refractivity contribution in [1.29, 1.82) is 0 Å². The zero-order chi connectivity index (χ0) is 18.5. The van der Waals surface area contributed by atoms with Crippen LogP contribution < -0.4 is 5.32 Å². The van der Waals surface area contributed by atoms with E-state index in [0.29, 0.717) is 18.7 Å². The first-order valence-electron chi connectivity index (χ1n) is 8.60. The van der Waals surface area contributed by atoms with Crippen LogP contribution in [0.1, 0.15) is 28.1 Å². The molecule has 3 rings (SSSR count). The smallest absolute Gasteiger partial charge is 0.224 e. The van der Waals surface area contributed by atoms with Gasteiger partial charge in [0, 0.05) is 12.2 Å². The van der Waals surface area contributed by atoms with Crippen molar-refractivity contribution >= 4 is 5.91 Å². The molecule has 0 fully saturated rings. The Morgan fingerprint density at radius 3 is 2.58 bits per heavy atom. The minimum atomic E-state index is -0.352. The van der Waals surface area contributed by atoms with Gasteiger partial charge in [-0.1, -0.05) is 42.5 Å². The number of nitrogens with zero attached hydrogens (tertiary/aromatic N) is 2. The molecule has 0 aliphatic heterocycles. The van der Waals surface area contributed by atoms with E-state index in [1.807, 2.05) is 42.8 Å². The van der Waals surface area contributed by atoms with Crippen LogP contribution in [0.4, 0.5) is 4.39 Å². The van der Waals surface area contributed by atoms with E-state index in [9.17, 15) is 9.18 Å². The van der Waals surface area contributed by atoms with Crippen molar-refractivity contribution in [3.05, 3.63) is 88.5 Å². The lowest BCUT2D eigenvalue weighted by molar-refractivity contribution is -0.120. The molecule has 0 aliphatic carbocycles. The summed E-state index contributed by atoms with van der Waals surface area (Å²) in [6, 6.07) is 16.4. The molecule has 134 valence electrons. The van der Waals surface area contributed by atoms with Crippen molar-refractivity contribution in [2.45, 2.75) is 33.4 Å². The molecule has 3 aromatic rings. The molecule has 1 aromatic heterocycles. The Bertz CT molecular complexity index is 917. The average molecular weight is 351 g/mol. The fraction of sp³-hybridized carbons (Fsp3) is 0.238. The van der Waals surface area contributed by atoms with Gasteiger partial charge in [0.2, 0.25) is 5.91 Å². The summed E-state index contributed by atoms with van der Waals surface area (Å²) in [5.41, 5.74) is 4.65. The molecule has 1 heterocycles. The van der Waals surface area contributed by atoms with Crippen LogP contribution in [-0.4, -0.2) is 15.7 Å². The fourth-order valence-electron chi connectivity index (χ4n) is 2.92. The number of nitrogens with one attached hydrogen (secondary N) is 1. The molecule has 5 heteroatoms. The van der Waals surface area contributed by atoms with Gasteiger partial charge in [0.15, 0.2) is 0 Å². The Morgan fingerprint density at radius 1 is 1.08 bits per heavy atom. The standard InChI is InChI=1S/C21H22FN3O/c1-15-10-16(2)25(24-15)14-18-7-5-6-17(11-18)13-23-21(26)12-19-8-3-4-9-20(19)22/h3-11H,12-14H2,1-2H3,(H,23,26). The molecular weight excluding hydrogens is 329 g/mol. The van der Waals surface area contributed by atoms with Gasteiger partial charge in [-0.05, 0) is 42.7 Å². The quantitative estimate of drug-likeness (QED) is 0.738. The first kappa shape index (κ1) is 17.9. The van der Waals surface area contributed by atoms with Gasteiger partial charge in [-0.15, -0.1) is 0 Å². The topological polar surface area (TPSA) is 46.9 Å². The van der Waals surface area contributed by atoms with Crippen molar-refractivity contribution in [3.8, 4) is 0 Å². The Kier molecular flexibility index (Phi) is 5.46. The van der Waals surface area contributed by atoms with Crippen LogP contribution in [0.2, 0.25) is 0 Å². The van der Waals surface area contributed by atoms with Crippen molar-refractivity contribution in [2.24, 2.45) is 0 Å². The Morgan fingerprint density at radius 2 is 1.85 bits per heavy atom. The summed E-state index contributed by atoms with van der Waals surface area (Å²) in [6.07, 6.45) is 0.0398. The van der Waals surface area contributed by atoms with Crippen molar-refractivity contribution in [2.75, 3.05) is 0 Å². The lowest BCUT2D eigenvalue weighted by atomic mass is 10.1. The number of aryl methyl sites for hydroxylation is 2. The van der Waals surface area contributed by atoms with Crippen molar-refractivity contribution in [1.82, 2.24) is 15.1 Å². The summed E-state index contributed by atoms with van der Waals surface area (Å²) < 4.78 is 15.6. The number of halogens is 1. The Labute approximate surface area is 152 Å². The molecule has 26 heavy (non-hydrogen) atoms. The van der Waals surface area contributed by atoms with Gasteiger partial charge in [0.25, 0.3) is 0 Å². The Balaban J connectivity index is 1.59. The Hall–Kier alpha value is -2.95. The maximum atomic E-state index is 13.6. The second kappa shape index (κ2) is 7.95. The summed E-state index contributed by atoms with van der Waals surface area (Å²) in [7, 11) is 0. The molecule has 0 radical (unpaired) electrons. The maximum absolute atomic E-state index is 13.6. The number of rotatable bonds is 6. The normalized spacial score (nSPS) is 10.7. The predicted molar refractivity (Wildman–Crippen MR) is 99.2 cm³/mol. The van der Waals surface area contributed by atoms with Crippen molar-refractivity contribution in [3.63, 3.8) is 0 Å². The van der Waals surface area contributed by atoms with E-state index >= 15 is 0 Å². The summed E-state index contributed by atoms with van der Waals surface area (Å²) in [5.74, 6) is -0.548.